The zero-order chi connectivity index (χ0) is 20.6. The molecule has 0 aliphatic heterocycles. The maximum absolute atomic E-state index is 7.00. The van der Waals surface area contributed by atoms with E-state index in [0.29, 0.717) is 13.2 Å². The minimum absolute atomic E-state index is 0.407. The van der Waals surface area contributed by atoms with E-state index >= 15 is 0 Å². The quantitative estimate of drug-likeness (QED) is 0.460. The Hall–Kier alpha value is -3.09. The minimum atomic E-state index is 0.407. The minimum Gasteiger partial charge on any atom is -0.491 e. The molecule has 0 saturated heterocycles. The first-order valence-electron chi connectivity index (χ1n) is 9.46. The highest BCUT2D eigenvalue weighted by Crippen LogP contribution is 2.31. The van der Waals surface area contributed by atoms with Crippen LogP contribution in [0.5, 0.6) is 11.5 Å². The maximum atomic E-state index is 7.00. The third-order valence-corrected chi connectivity index (χ3v) is 4.51. The number of aryl methyl sites for hydroxylation is 1. The topological polar surface area (TPSA) is 76.8 Å². The number of nitrogens with one attached hydrogen (secondary N) is 1. The SMILES string of the molecule is CNCCOc1cnc(COc2ccc3oc4ccccc4c3c2)c(C)c1.CO. The largest absolute Gasteiger partial charge is 0.491 e. The lowest BCUT2D eigenvalue weighted by molar-refractivity contribution is 0.297. The number of hydrogen-bond donors (Lipinski definition) is 2. The molecule has 6 nitrogen and oxygen atoms in total. The highest BCUT2D eigenvalue weighted by molar-refractivity contribution is 6.05. The lowest BCUT2D eigenvalue weighted by Crippen LogP contribution is -2.16. The summed E-state index contributed by atoms with van der Waals surface area (Å²) >= 11 is 0. The van der Waals surface area contributed by atoms with E-state index < -0.39 is 0 Å². The van der Waals surface area contributed by atoms with Crippen LogP contribution < -0.4 is 14.8 Å². The summed E-state index contributed by atoms with van der Waals surface area (Å²) in [7, 11) is 2.90. The lowest BCUT2D eigenvalue weighted by atomic mass is 10.1. The number of nitrogens with zero attached hydrogens (tertiary/aromatic N) is 1. The smallest absolute Gasteiger partial charge is 0.137 e. The number of rotatable bonds is 7. The Bertz CT molecular complexity index is 1080. The molecule has 4 rings (SSSR count). The van der Waals surface area contributed by atoms with Crippen LogP contribution in [0.3, 0.4) is 0 Å². The van der Waals surface area contributed by atoms with Gasteiger partial charge in [-0.15, -0.1) is 0 Å². The monoisotopic (exact) mass is 394 g/mol. The van der Waals surface area contributed by atoms with Crippen LogP contribution in [0.25, 0.3) is 21.9 Å². The van der Waals surface area contributed by atoms with Gasteiger partial charge < -0.3 is 24.3 Å². The average Bonchev–Trinajstić information content (AvgIpc) is 3.13. The number of aliphatic hydroxyl groups excluding tert-OH is 1. The third kappa shape index (κ3) is 4.85. The van der Waals surface area contributed by atoms with Gasteiger partial charge in [-0.3, -0.25) is 4.98 Å². The van der Waals surface area contributed by atoms with Crippen molar-refractivity contribution < 1.29 is 19.0 Å². The Morgan fingerprint density at radius 1 is 0.966 bits per heavy atom. The fourth-order valence-electron chi connectivity index (χ4n) is 3.02. The van der Waals surface area contributed by atoms with Gasteiger partial charge in [0.15, 0.2) is 0 Å². The summed E-state index contributed by atoms with van der Waals surface area (Å²) in [5.41, 5.74) is 3.69. The number of aromatic nitrogens is 1. The number of likely N-dealkylation sites (N-methyl/N-ethyl adjacent to an activating group) is 1. The second kappa shape index (κ2) is 9.91. The van der Waals surface area contributed by atoms with E-state index in [0.717, 1.165) is 58.3 Å². The van der Waals surface area contributed by atoms with E-state index in [-0.39, 0.29) is 0 Å². The molecule has 0 aliphatic rings. The van der Waals surface area contributed by atoms with Gasteiger partial charge in [-0.25, -0.2) is 0 Å². The molecule has 0 radical (unpaired) electrons. The summed E-state index contributed by atoms with van der Waals surface area (Å²) in [6.07, 6.45) is 1.74. The zero-order valence-corrected chi connectivity index (χ0v) is 16.9. The molecule has 6 heteroatoms. The molecule has 4 aromatic rings. The van der Waals surface area contributed by atoms with E-state index in [1.165, 1.54) is 0 Å². The lowest BCUT2D eigenvalue weighted by Gasteiger charge is -2.10. The fraction of sp³-hybridized carbons (Fsp3) is 0.261. The predicted octanol–water partition coefficient (Wildman–Crippen LogP) is 4.08. The van der Waals surface area contributed by atoms with Crippen molar-refractivity contribution in [1.29, 1.82) is 0 Å². The summed E-state index contributed by atoms with van der Waals surface area (Å²) in [6, 6.07) is 15.9. The van der Waals surface area contributed by atoms with E-state index in [9.17, 15) is 0 Å². The standard InChI is InChI=1S/C22H22N2O3.CH4O/c1-15-11-17(25-10-9-23-2)13-24-20(15)14-26-16-7-8-22-19(12-16)18-5-3-4-6-21(18)27-22;1-2/h3-8,11-13,23H,9-10,14H2,1-2H3;2H,1H3. The van der Waals surface area contributed by atoms with Gasteiger partial charge >= 0.3 is 0 Å². The first kappa shape index (κ1) is 20.6. The van der Waals surface area contributed by atoms with Gasteiger partial charge in [-0.05, 0) is 49.9 Å². The Kier molecular flexibility index (Phi) is 7.05. The molecule has 0 amide bonds. The van der Waals surface area contributed by atoms with E-state index in [2.05, 4.69) is 16.4 Å². The second-order valence-electron chi connectivity index (χ2n) is 6.43. The summed E-state index contributed by atoms with van der Waals surface area (Å²) in [6.45, 7) is 3.84. The molecule has 2 heterocycles. The first-order valence-corrected chi connectivity index (χ1v) is 9.46. The van der Waals surface area contributed by atoms with Gasteiger partial charge in [0, 0.05) is 24.4 Å². The Morgan fingerprint density at radius 3 is 2.55 bits per heavy atom. The highest BCUT2D eigenvalue weighted by Gasteiger charge is 2.09. The van der Waals surface area contributed by atoms with Crippen LogP contribution in [0.15, 0.2) is 59.1 Å². The molecular formula is C23H26N2O4. The molecule has 0 aliphatic carbocycles. The number of benzene rings is 2. The summed E-state index contributed by atoms with van der Waals surface area (Å²) < 4.78 is 17.5. The van der Waals surface area contributed by atoms with Crippen molar-refractivity contribution in [1.82, 2.24) is 10.3 Å². The molecule has 2 aromatic heterocycles. The van der Waals surface area contributed by atoms with Crippen LogP contribution in [0.2, 0.25) is 0 Å². The molecule has 0 saturated carbocycles. The molecular weight excluding hydrogens is 368 g/mol. The Balaban J connectivity index is 0.00000117. The number of para-hydroxylation sites is 1. The van der Waals surface area contributed by atoms with Crippen molar-refractivity contribution in [2.24, 2.45) is 0 Å². The maximum Gasteiger partial charge on any atom is 0.137 e. The van der Waals surface area contributed by atoms with E-state index in [4.69, 9.17) is 19.0 Å². The van der Waals surface area contributed by atoms with Gasteiger partial charge in [0.2, 0.25) is 0 Å². The summed E-state index contributed by atoms with van der Waals surface area (Å²) in [5.74, 6) is 1.57. The molecule has 2 aromatic carbocycles. The van der Waals surface area contributed by atoms with E-state index in [1.807, 2.05) is 56.4 Å². The average molecular weight is 394 g/mol. The van der Waals surface area contributed by atoms with Crippen LogP contribution in [0.4, 0.5) is 0 Å². The normalized spacial score (nSPS) is 10.6. The van der Waals surface area contributed by atoms with Crippen LogP contribution >= 0.6 is 0 Å². The number of hydrogen-bond acceptors (Lipinski definition) is 6. The van der Waals surface area contributed by atoms with Crippen LogP contribution in [-0.4, -0.2) is 37.4 Å². The number of pyridine rings is 1. The molecule has 0 unspecified atom stereocenters. The second-order valence-corrected chi connectivity index (χ2v) is 6.43. The van der Waals surface area contributed by atoms with Crippen molar-refractivity contribution >= 4 is 21.9 Å². The summed E-state index contributed by atoms with van der Waals surface area (Å²) in [4.78, 5) is 4.49. The third-order valence-electron chi connectivity index (χ3n) is 4.51. The molecule has 152 valence electrons. The van der Waals surface area contributed by atoms with Crippen LogP contribution in [0, 0.1) is 6.92 Å². The Morgan fingerprint density at radius 2 is 1.76 bits per heavy atom. The van der Waals surface area contributed by atoms with Crippen molar-refractivity contribution in [3.8, 4) is 11.5 Å². The van der Waals surface area contributed by atoms with Crippen LogP contribution in [-0.2, 0) is 6.61 Å². The molecule has 0 atom stereocenters. The van der Waals surface area contributed by atoms with Gasteiger partial charge in [0.1, 0.15) is 35.9 Å². The molecule has 29 heavy (non-hydrogen) atoms. The van der Waals surface area contributed by atoms with Gasteiger partial charge in [0.25, 0.3) is 0 Å². The van der Waals surface area contributed by atoms with Crippen molar-refractivity contribution in [2.75, 3.05) is 27.3 Å². The fourth-order valence-corrected chi connectivity index (χ4v) is 3.02. The number of fused-ring (bicyclic) bond motifs is 3. The van der Waals surface area contributed by atoms with Gasteiger partial charge in [-0.2, -0.15) is 0 Å². The molecule has 0 fully saturated rings. The number of ether oxygens (including phenoxy) is 2. The number of furan rings is 1. The summed E-state index contributed by atoms with van der Waals surface area (Å²) in [5, 5.41) is 12.2. The molecule has 0 spiro atoms. The van der Waals surface area contributed by atoms with Crippen LogP contribution in [0.1, 0.15) is 11.3 Å². The van der Waals surface area contributed by atoms with Gasteiger partial charge in [-0.1, -0.05) is 18.2 Å². The van der Waals surface area contributed by atoms with Crippen molar-refractivity contribution in [3.63, 3.8) is 0 Å². The number of aliphatic hydroxyl groups is 1. The van der Waals surface area contributed by atoms with Crippen molar-refractivity contribution in [3.05, 3.63) is 66.0 Å². The Labute approximate surface area is 170 Å². The first-order chi connectivity index (χ1) is 14.2. The molecule has 0 bridgehead atoms. The van der Waals surface area contributed by atoms with Gasteiger partial charge in [0.05, 0.1) is 11.9 Å². The van der Waals surface area contributed by atoms with Crippen molar-refractivity contribution in [2.45, 2.75) is 13.5 Å². The van der Waals surface area contributed by atoms with E-state index in [1.54, 1.807) is 6.20 Å². The highest BCUT2D eigenvalue weighted by atomic mass is 16.5. The molecule has 2 N–H and O–H groups in total. The predicted molar refractivity (Wildman–Crippen MR) is 115 cm³/mol. The zero-order valence-electron chi connectivity index (χ0n) is 16.9.